The predicted octanol–water partition coefficient (Wildman–Crippen LogP) is 2.69. The molecule has 0 saturated heterocycles. The third kappa shape index (κ3) is 2.71. The van der Waals surface area contributed by atoms with Gasteiger partial charge in [0.05, 0.1) is 5.41 Å². The van der Waals surface area contributed by atoms with E-state index in [4.69, 9.17) is 4.74 Å². The van der Waals surface area contributed by atoms with Gasteiger partial charge in [-0.25, -0.2) is 0 Å². The summed E-state index contributed by atoms with van der Waals surface area (Å²) in [6.45, 7) is 2.72. The Labute approximate surface area is 91.8 Å². The molecule has 1 aliphatic rings. The Bertz CT molecular complexity index is 207. The van der Waals surface area contributed by atoms with Crippen molar-refractivity contribution in [3.05, 3.63) is 0 Å². The van der Waals surface area contributed by atoms with Crippen molar-refractivity contribution in [2.24, 2.45) is 11.3 Å². The van der Waals surface area contributed by atoms with Crippen molar-refractivity contribution in [3.63, 3.8) is 0 Å². The minimum atomic E-state index is -0.606. The number of carboxylic acids is 1. The number of hydrogen-bond donors (Lipinski definition) is 1. The van der Waals surface area contributed by atoms with Crippen LogP contribution in [0.3, 0.4) is 0 Å². The van der Waals surface area contributed by atoms with Crippen LogP contribution in [0.2, 0.25) is 0 Å². The molecule has 0 amide bonds. The van der Waals surface area contributed by atoms with Gasteiger partial charge in [0.1, 0.15) is 0 Å². The molecule has 3 nitrogen and oxygen atoms in total. The van der Waals surface area contributed by atoms with Gasteiger partial charge in [-0.15, -0.1) is 0 Å². The fourth-order valence-corrected chi connectivity index (χ4v) is 2.67. The first kappa shape index (κ1) is 12.5. The van der Waals surface area contributed by atoms with Gasteiger partial charge in [0.15, 0.2) is 0 Å². The van der Waals surface area contributed by atoms with Gasteiger partial charge in [0, 0.05) is 13.7 Å². The zero-order valence-electron chi connectivity index (χ0n) is 9.79. The van der Waals surface area contributed by atoms with Gasteiger partial charge in [-0.05, 0) is 25.2 Å². The van der Waals surface area contributed by atoms with Crippen LogP contribution in [0.15, 0.2) is 0 Å². The lowest BCUT2D eigenvalue weighted by molar-refractivity contribution is -0.155. The van der Waals surface area contributed by atoms with E-state index in [-0.39, 0.29) is 5.92 Å². The highest BCUT2D eigenvalue weighted by molar-refractivity contribution is 5.75. The standard InChI is InChI=1S/C12H22O3/c1-10(6-9-15-2)12(11(13)14)7-4-3-5-8-12/h10H,3-9H2,1-2H3,(H,13,14). The maximum atomic E-state index is 11.4. The molecule has 1 aliphatic carbocycles. The largest absolute Gasteiger partial charge is 0.481 e. The lowest BCUT2D eigenvalue weighted by Crippen LogP contribution is -2.39. The smallest absolute Gasteiger partial charge is 0.309 e. The molecule has 1 saturated carbocycles. The van der Waals surface area contributed by atoms with Crippen LogP contribution in [0.1, 0.15) is 45.4 Å². The molecule has 0 aromatic carbocycles. The first-order chi connectivity index (χ1) is 7.13. The quantitative estimate of drug-likeness (QED) is 0.765. The fraction of sp³-hybridized carbons (Fsp3) is 0.917. The second-order valence-electron chi connectivity index (χ2n) is 4.70. The number of carboxylic acid groups (broad SMARTS) is 1. The van der Waals surface area contributed by atoms with Crippen LogP contribution in [-0.4, -0.2) is 24.8 Å². The molecule has 1 rings (SSSR count). The Morgan fingerprint density at radius 2 is 2.00 bits per heavy atom. The van der Waals surface area contributed by atoms with Crippen molar-refractivity contribution in [2.45, 2.75) is 45.4 Å². The zero-order valence-corrected chi connectivity index (χ0v) is 9.79. The molecule has 0 aliphatic heterocycles. The van der Waals surface area contributed by atoms with E-state index >= 15 is 0 Å². The summed E-state index contributed by atoms with van der Waals surface area (Å²) >= 11 is 0. The Kier molecular flexibility index (Phi) is 4.58. The van der Waals surface area contributed by atoms with Crippen molar-refractivity contribution in [1.82, 2.24) is 0 Å². The Balaban J connectivity index is 2.66. The van der Waals surface area contributed by atoms with Gasteiger partial charge in [-0.1, -0.05) is 26.2 Å². The number of carbonyl (C=O) groups is 1. The average molecular weight is 214 g/mol. The van der Waals surface area contributed by atoms with Crippen LogP contribution in [0.5, 0.6) is 0 Å². The highest BCUT2D eigenvalue weighted by Crippen LogP contribution is 2.44. The summed E-state index contributed by atoms with van der Waals surface area (Å²) in [7, 11) is 1.67. The molecule has 88 valence electrons. The van der Waals surface area contributed by atoms with E-state index in [9.17, 15) is 9.90 Å². The number of rotatable bonds is 5. The summed E-state index contributed by atoms with van der Waals surface area (Å²) in [4.78, 5) is 11.4. The minimum Gasteiger partial charge on any atom is -0.481 e. The van der Waals surface area contributed by atoms with E-state index in [1.807, 2.05) is 0 Å². The van der Waals surface area contributed by atoms with E-state index in [1.165, 1.54) is 6.42 Å². The molecule has 0 spiro atoms. The molecule has 0 heterocycles. The molecule has 1 atom stereocenters. The van der Waals surface area contributed by atoms with Crippen LogP contribution in [0, 0.1) is 11.3 Å². The van der Waals surface area contributed by atoms with Crippen LogP contribution < -0.4 is 0 Å². The first-order valence-electron chi connectivity index (χ1n) is 5.86. The summed E-state index contributed by atoms with van der Waals surface area (Å²) in [5.41, 5.74) is -0.475. The molecule has 1 N–H and O–H groups in total. The molecule has 0 aromatic heterocycles. The van der Waals surface area contributed by atoms with Crippen molar-refractivity contribution < 1.29 is 14.6 Å². The molecule has 15 heavy (non-hydrogen) atoms. The van der Waals surface area contributed by atoms with E-state index in [1.54, 1.807) is 7.11 Å². The molecule has 0 bridgehead atoms. The van der Waals surface area contributed by atoms with Gasteiger partial charge < -0.3 is 9.84 Å². The minimum absolute atomic E-state index is 0.218. The second kappa shape index (κ2) is 5.50. The molecule has 3 heteroatoms. The molecular formula is C12H22O3. The molecule has 0 aromatic rings. The Hall–Kier alpha value is -0.570. The van der Waals surface area contributed by atoms with Crippen LogP contribution in [0.4, 0.5) is 0 Å². The van der Waals surface area contributed by atoms with Crippen LogP contribution >= 0.6 is 0 Å². The topological polar surface area (TPSA) is 46.5 Å². The molecule has 0 radical (unpaired) electrons. The van der Waals surface area contributed by atoms with Crippen molar-refractivity contribution in [2.75, 3.05) is 13.7 Å². The monoisotopic (exact) mass is 214 g/mol. The summed E-state index contributed by atoms with van der Waals surface area (Å²) < 4.78 is 5.04. The summed E-state index contributed by atoms with van der Waals surface area (Å²) in [5.74, 6) is -0.388. The lowest BCUT2D eigenvalue weighted by Gasteiger charge is -2.38. The molecular weight excluding hydrogens is 192 g/mol. The van der Waals surface area contributed by atoms with Crippen molar-refractivity contribution in [3.8, 4) is 0 Å². The fourth-order valence-electron chi connectivity index (χ4n) is 2.67. The first-order valence-corrected chi connectivity index (χ1v) is 5.86. The van der Waals surface area contributed by atoms with Crippen molar-refractivity contribution >= 4 is 5.97 Å². The summed E-state index contributed by atoms with van der Waals surface area (Å²) in [6.07, 6.45) is 5.84. The van der Waals surface area contributed by atoms with Gasteiger partial charge >= 0.3 is 5.97 Å². The van der Waals surface area contributed by atoms with Gasteiger partial charge in [0.2, 0.25) is 0 Å². The number of ether oxygens (including phenoxy) is 1. The summed E-state index contributed by atoms with van der Waals surface area (Å²) in [6, 6.07) is 0. The normalized spacial score (nSPS) is 22.3. The van der Waals surface area contributed by atoms with E-state index < -0.39 is 11.4 Å². The van der Waals surface area contributed by atoms with E-state index in [0.29, 0.717) is 6.61 Å². The highest BCUT2D eigenvalue weighted by Gasteiger charge is 2.43. The van der Waals surface area contributed by atoms with E-state index in [0.717, 1.165) is 32.1 Å². The van der Waals surface area contributed by atoms with Crippen LogP contribution in [0.25, 0.3) is 0 Å². The van der Waals surface area contributed by atoms with Crippen LogP contribution in [-0.2, 0) is 9.53 Å². The number of aliphatic carboxylic acids is 1. The maximum absolute atomic E-state index is 11.4. The van der Waals surface area contributed by atoms with Gasteiger partial charge in [-0.2, -0.15) is 0 Å². The second-order valence-corrected chi connectivity index (χ2v) is 4.70. The van der Waals surface area contributed by atoms with Crippen molar-refractivity contribution in [1.29, 1.82) is 0 Å². The number of hydrogen-bond acceptors (Lipinski definition) is 2. The lowest BCUT2D eigenvalue weighted by atomic mass is 9.65. The predicted molar refractivity (Wildman–Crippen MR) is 58.8 cm³/mol. The molecule has 1 unspecified atom stereocenters. The Morgan fingerprint density at radius 1 is 1.40 bits per heavy atom. The molecule has 1 fully saturated rings. The third-order valence-corrected chi connectivity index (χ3v) is 3.87. The van der Waals surface area contributed by atoms with Gasteiger partial charge in [0.25, 0.3) is 0 Å². The third-order valence-electron chi connectivity index (χ3n) is 3.87. The van der Waals surface area contributed by atoms with E-state index in [2.05, 4.69) is 6.92 Å². The zero-order chi connectivity index (χ0) is 11.3. The summed E-state index contributed by atoms with van der Waals surface area (Å²) in [5, 5.41) is 9.42. The SMILES string of the molecule is COCCC(C)C1(C(=O)O)CCCCC1. The maximum Gasteiger partial charge on any atom is 0.309 e. The number of methoxy groups -OCH3 is 1. The Morgan fingerprint density at radius 3 is 2.47 bits per heavy atom. The average Bonchev–Trinajstić information content (AvgIpc) is 2.26. The van der Waals surface area contributed by atoms with Gasteiger partial charge in [-0.3, -0.25) is 4.79 Å². The highest BCUT2D eigenvalue weighted by atomic mass is 16.5.